The van der Waals surface area contributed by atoms with Gasteiger partial charge in [0.2, 0.25) is 5.91 Å². The normalized spacial score (nSPS) is 17.5. The summed E-state index contributed by atoms with van der Waals surface area (Å²) in [6.45, 7) is 4.81. The molecule has 0 radical (unpaired) electrons. The minimum atomic E-state index is -0.204. The second kappa shape index (κ2) is 7.98. The number of aromatic nitrogens is 2. The van der Waals surface area contributed by atoms with Crippen LogP contribution in [0.25, 0.3) is 10.2 Å². The zero-order valence-electron chi connectivity index (χ0n) is 15.6. The number of rotatable bonds is 5. The lowest BCUT2D eigenvalue weighted by Gasteiger charge is -2.18. The van der Waals surface area contributed by atoms with Crippen LogP contribution in [0, 0.1) is 5.92 Å². The van der Waals surface area contributed by atoms with E-state index in [-0.39, 0.29) is 11.2 Å². The monoisotopic (exact) mass is 397 g/mol. The summed E-state index contributed by atoms with van der Waals surface area (Å²) in [5.41, 5.74) is 2.52. The number of thiophene rings is 1. The zero-order chi connectivity index (χ0) is 18.8. The molecule has 6 heteroatoms. The Labute approximate surface area is 167 Å². The predicted molar refractivity (Wildman–Crippen MR) is 112 cm³/mol. The first kappa shape index (κ1) is 18.4. The number of nitrogens with zero attached hydrogens (tertiary/aromatic N) is 2. The maximum absolute atomic E-state index is 12.6. The number of hydrogen-bond acceptors (Lipinski definition) is 5. The number of carbonyl (C=O) groups is 1. The molecule has 0 saturated carbocycles. The summed E-state index contributed by atoms with van der Waals surface area (Å²) in [4.78, 5) is 24.1. The third-order valence-electron chi connectivity index (χ3n) is 5.02. The van der Waals surface area contributed by atoms with E-state index in [9.17, 15) is 4.79 Å². The number of thioether (sulfide) groups is 1. The van der Waals surface area contributed by atoms with Crippen molar-refractivity contribution in [1.82, 2.24) is 15.3 Å². The Morgan fingerprint density at radius 2 is 2.15 bits per heavy atom. The summed E-state index contributed by atoms with van der Waals surface area (Å²) in [6.07, 6.45) is 5.06. The van der Waals surface area contributed by atoms with E-state index in [0.717, 1.165) is 34.2 Å². The summed E-state index contributed by atoms with van der Waals surface area (Å²) < 4.78 is 0. The number of amides is 1. The van der Waals surface area contributed by atoms with E-state index in [0.29, 0.717) is 6.54 Å². The van der Waals surface area contributed by atoms with Crippen LogP contribution in [0.3, 0.4) is 0 Å². The van der Waals surface area contributed by atoms with Gasteiger partial charge in [-0.3, -0.25) is 4.79 Å². The summed E-state index contributed by atoms with van der Waals surface area (Å²) in [6, 6.07) is 9.98. The molecule has 1 N–H and O–H groups in total. The Bertz CT molecular complexity index is 955. The number of nitrogens with one attached hydrogen (secondary N) is 1. The molecule has 0 unspecified atom stereocenters. The lowest BCUT2D eigenvalue weighted by Crippen LogP contribution is -2.30. The van der Waals surface area contributed by atoms with Gasteiger partial charge in [-0.05, 0) is 43.2 Å². The molecule has 2 aromatic heterocycles. The van der Waals surface area contributed by atoms with Crippen LogP contribution in [0.4, 0.5) is 0 Å². The minimum absolute atomic E-state index is 0.0355. The summed E-state index contributed by atoms with van der Waals surface area (Å²) in [5, 5.41) is 4.94. The smallest absolute Gasteiger partial charge is 0.233 e. The van der Waals surface area contributed by atoms with Crippen LogP contribution < -0.4 is 5.32 Å². The number of aryl methyl sites for hydroxylation is 1. The zero-order valence-corrected chi connectivity index (χ0v) is 17.2. The molecule has 4 rings (SSSR count). The van der Waals surface area contributed by atoms with Gasteiger partial charge in [-0.15, -0.1) is 11.3 Å². The molecule has 3 aromatic rings. The van der Waals surface area contributed by atoms with Crippen LogP contribution in [0.5, 0.6) is 0 Å². The highest BCUT2D eigenvalue weighted by Crippen LogP contribution is 2.41. The average molecular weight is 398 g/mol. The van der Waals surface area contributed by atoms with Gasteiger partial charge in [0, 0.05) is 16.8 Å². The summed E-state index contributed by atoms with van der Waals surface area (Å²) in [7, 11) is 0. The number of benzene rings is 1. The van der Waals surface area contributed by atoms with E-state index >= 15 is 0 Å². The van der Waals surface area contributed by atoms with Gasteiger partial charge < -0.3 is 5.32 Å². The molecular weight excluding hydrogens is 374 g/mol. The van der Waals surface area contributed by atoms with Crippen molar-refractivity contribution in [3.63, 3.8) is 0 Å². The number of hydrogen-bond donors (Lipinski definition) is 1. The Balaban J connectivity index is 1.50. The Kier molecular flexibility index (Phi) is 5.45. The van der Waals surface area contributed by atoms with Crippen molar-refractivity contribution in [2.75, 3.05) is 0 Å². The van der Waals surface area contributed by atoms with E-state index in [1.54, 1.807) is 17.7 Å². The molecule has 0 fully saturated rings. The van der Waals surface area contributed by atoms with E-state index in [4.69, 9.17) is 0 Å². The van der Waals surface area contributed by atoms with Crippen molar-refractivity contribution in [3.8, 4) is 0 Å². The Morgan fingerprint density at radius 1 is 1.33 bits per heavy atom. The molecule has 140 valence electrons. The molecule has 1 aromatic carbocycles. The number of carbonyl (C=O) groups excluding carboxylic acids is 1. The van der Waals surface area contributed by atoms with Crippen molar-refractivity contribution < 1.29 is 4.79 Å². The molecule has 0 saturated heterocycles. The van der Waals surface area contributed by atoms with Gasteiger partial charge in [-0.1, -0.05) is 49.0 Å². The first-order valence-corrected chi connectivity index (χ1v) is 11.0. The Morgan fingerprint density at radius 3 is 2.96 bits per heavy atom. The molecular formula is C21H23N3OS2. The van der Waals surface area contributed by atoms with E-state index in [1.165, 1.54) is 34.0 Å². The van der Waals surface area contributed by atoms with Crippen molar-refractivity contribution in [2.45, 2.75) is 49.9 Å². The lowest BCUT2D eigenvalue weighted by molar-refractivity contribution is -0.120. The van der Waals surface area contributed by atoms with Gasteiger partial charge in [0.15, 0.2) is 0 Å². The second-order valence-electron chi connectivity index (χ2n) is 7.17. The molecule has 1 amide bonds. The van der Waals surface area contributed by atoms with E-state index in [1.807, 2.05) is 37.3 Å². The SMILES string of the molecule is C[C@@H]1CCc2c(sc3ncnc(S[C@H](C)C(=O)NCc4ccccc4)c23)C1. The van der Waals surface area contributed by atoms with Crippen LogP contribution in [-0.4, -0.2) is 21.1 Å². The topological polar surface area (TPSA) is 54.9 Å². The lowest BCUT2D eigenvalue weighted by atomic mass is 9.89. The molecule has 0 aliphatic heterocycles. The summed E-state index contributed by atoms with van der Waals surface area (Å²) in [5.74, 6) is 0.769. The molecule has 4 nitrogen and oxygen atoms in total. The largest absolute Gasteiger partial charge is 0.351 e. The van der Waals surface area contributed by atoms with Crippen molar-refractivity contribution in [1.29, 1.82) is 0 Å². The van der Waals surface area contributed by atoms with Crippen LogP contribution in [0.1, 0.15) is 36.3 Å². The van der Waals surface area contributed by atoms with Gasteiger partial charge in [-0.25, -0.2) is 9.97 Å². The van der Waals surface area contributed by atoms with Crippen molar-refractivity contribution >= 4 is 39.2 Å². The van der Waals surface area contributed by atoms with Gasteiger partial charge in [0.05, 0.1) is 5.25 Å². The second-order valence-corrected chi connectivity index (χ2v) is 9.59. The number of fused-ring (bicyclic) bond motifs is 3. The summed E-state index contributed by atoms with van der Waals surface area (Å²) >= 11 is 3.33. The molecule has 2 atom stereocenters. The third-order valence-corrected chi connectivity index (χ3v) is 7.29. The van der Waals surface area contributed by atoms with Crippen LogP contribution in [-0.2, 0) is 24.2 Å². The standard InChI is InChI=1S/C21H23N3OS2/c1-13-8-9-16-17(10-13)27-21-18(16)20(23-12-24-21)26-14(2)19(25)22-11-15-6-4-3-5-7-15/h3-7,12-14H,8-11H2,1-2H3,(H,22,25)/t13-,14-/m1/s1. The maximum atomic E-state index is 12.6. The molecule has 0 spiro atoms. The highest BCUT2D eigenvalue weighted by Gasteiger charge is 2.25. The fourth-order valence-corrected chi connectivity index (χ4v) is 5.87. The van der Waals surface area contributed by atoms with Crippen molar-refractivity contribution in [3.05, 3.63) is 52.7 Å². The first-order chi connectivity index (χ1) is 13.1. The fourth-order valence-electron chi connectivity index (χ4n) is 3.49. The minimum Gasteiger partial charge on any atom is -0.351 e. The third kappa shape index (κ3) is 4.01. The van der Waals surface area contributed by atoms with Crippen LogP contribution in [0.15, 0.2) is 41.7 Å². The van der Waals surface area contributed by atoms with E-state index in [2.05, 4.69) is 22.2 Å². The maximum Gasteiger partial charge on any atom is 0.233 e. The van der Waals surface area contributed by atoms with Gasteiger partial charge in [0.25, 0.3) is 0 Å². The average Bonchev–Trinajstić information content (AvgIpc) is 3.05. The Hall–Kier alpha value is -1.92. The van der Waals surface area contributed by atoms with Crippen molar-refractivity contribution in [2.24, 2.45) is 5.92 Å². The van der Waals surface area contributed by atoms with Gasteiger partial charge >= 0.3 is 0 Å². The highest BCUT2D eigenvalue weighted by molar-refractivity contribution is 8.00. The molecule has 1 aliphatic carbocycles. The molecule has 1 aliphatic rings. The van der Waals surface area contributed by atoms with Gasteiger partial charge in [-0.2, -0.15) is 0 Å². The highest BCUT2D eigenvalue weighted by atomic mass is 32.2. The molecule has 2 heterocycles. The predicted octanol–water partition coefficient (Wildman–Crippen LogP) is 4.61. The van der Waals surface area contributed by atoms with Crippen LogP contribution in [0.2, 0.25) is 0 Å². The molecule has 27 heavy (non-hydrogen) atoms. The van der Waals surface area contributed by atoms with E-state index < -0.39 is 0 Å². The van der Waals surface area contributed by atoms with Crippen LogP contribution >= 0.6 is 23.1 Å². The molecule has 0 bridgehead atoms. The first-order valence-electron chi connectivity index (χ1n) is 9.35. The van der Waals surface area contributed by atoms with Gasteiger partial charge in [0.1, 0.15) is 16.2 Å². The fraction of sp³-hybridized carbons (Fsp3) is 0.381. The quantitative estimate of drug-likeness (QED) is 0.504.